The van der Waals surface area contributed by atoms with Crippen molar-refractivity contribution in [3.63, 3.8) is 0 Å². The second-order valence-corrected chi connectivity index (χ2v) is 10.6. The topological polar surface area (TPSA) is 127 Å². The predicted molar refractivity (Wildman–Crippen MR) is 143 cm³/mol. The number of pyridine rings is 1. The SMILES string of the molecule is CNC(=O)c1ccc(C2c3c(nc4sc(C)nn34)CCN2C(=O)COc2ccc(N3CCOCC3)nc2Cl)o1. The van der Waals surface area contributed by atoms with Gasteiger partial charge in [-0.15, -0.1) is 0 Å². The van der Waals surface area contributed by atoms with E-state index in [1.54, 1.807) is 27.6 Å². The van der Waals surface area contributed by atoms with Crippen LogP contribution in [0.1, 0.15) is 38.8 Å². The van der Waals surface area contributed by atoms with Crippen molar-refractivity contribution in [1.29, 1.82) is 0 Å². The first-order valence-corrected chi connectivity index (χ1v) is 13.7. The van der Waals surface area contributed by atoms with Crippen LogP contribution >= 0.6 is 22.9 Å². The molecule has 12 nitrogen and oxygen atoms in total. The fourth-order valence-corrected chi connectivity index (χ4v) is 5.85. The maximum atomic E-state index is 13.6. The molecule has 1 saturated heterocycles. The van der Waals surface area contributed by atoms with Crippen LogP contribution in [0, 0.1) is 6.92 Å². The molecule has 0 radical (unpaired) electrons. The Labute approximate surface area is 232 Å². The van der Waals surface area contributed by atoms with Gasteiger partial charge in [0.05, 0.1) is 24.6 Å². The summed E-state index contributed by atoms with van der Waals surface area (Å²) in [7, 11) is 1.53. The molecule has 1 N–H and O–H groups in total. The number of amides is 2. The van der Waals surface area contributed by atoms with Crippen LogP contribution < -0.4 is 15.0 Å². The van der Waals surface area contributed by atoms with Crippen LogP contribution in [0.2, 0.25) is 5.15 Å². The normalized spacial score (nSPS) is 17.4. The standard InChI is InChI=1S/C25H26ClN7O5S/c1-14-30-33-21-15(28-25(33)39-14)7-8-32(22(21)16-3-4-18(38-16)24(35)27-2)20(34)13-37-17-5-6-19(29-23(17)26)31-9-11-36-12-10-31/h3-6,22H,7-13H2,1-2H3,(H,27,35). The van der Waals surface area contributed by atoms with Gasteiger partial charge in [-0.1, -0.05) is 22.9 Å². The molecule has 0 aliphatic carbocycles. The van der Waals surface area contributed by atoms with Crippen molar-refractivity contribution in [2.45, 2.75) is 19.4 Å². The van der Waals surface area contributed by atoms with Gasteiger partial charge in [-0.2, -0.15) is 5.10 Å². The molecule has 0 spiro atoms. The lowest BCUT2D eigenvalue weighted by Crippen LogP contribution is -2.43. The number of halogens is 1. The number of carbonyl (C=O) groups is 2. The second kappa shape index (κ2) is 10.5. The number of aromatic nitrogens is 4. The zero-order valence-electron chi connectivity index (χ0n) is 21.3. The number of imidazole rings is 1. The fraction of sp³-hybridized carbons (Fsp3) is 0.400. The van der Waals surface area contributed by atoms with Gasteiger partial charge < -0.3 is 29.0 Å². The molecule has 2 amide bonds. The van der Waals surface area contributed by atoms with E-state index in [0.717, 1.165) is 40.3 Å². The zero-order valence-corrected chi connectivity index (χ0v) is 22.9. The van der Waals surface area contributed by atoms with E-state index in [1.165, 1.54) is 18.4 Å². The molecule has 4 aromatic heterocycles. The van der Waals surface area contributed by atoms with Crippen molar-refractivity contribution >= 4 is 45.5 Å². The Morgan fingerprint density at radius 3 is 2.77 bits per heavy atom. The van der Waals surface area contributed by atoms with Crippen molar-refractivity contribution in [2.24, 2.45) is 0 Å². The summed E-state index contributed by atoms with van der Waals surface area (Å²) in [6.45, 7) is 4.76. The Morgan fingerprint density at radius 1 is 1.18 bits per heavy atom. The number of furan rings is 1. The first kappa shape index (κ1) is 25.6. The molecule has 2 aliphatic heterocycles. The maximum Gasteiger partial charge on any atom is 0.286 e. The average Bonchev–Trinajstić information content (AvgIpc) is 3.66. The number of anilines is 1. The van der Waals surface area contributed by atoms with Gasteiger partial charge in [0.2, 0.25) is 4.96 Å². The third-order valence-electron chi connectivity index (χ3n) is 6.73. The molecule has 0 aromatic carbocycles. The van der Waals surface area contributed by atoms with Crippen LogP contribution in [0.25, 0.3) is 4.96 Å². The van der Waals surface area contributed by atoms with Crippen LogP contribution in [0.5, 0.6) is 5.75 Å². The van der Waals surface area contributed by atoms with E-state index in [-0.39, 0.29) is 29.3 Å². The molecular weight excluding hydrogens is 546 g/mol. The highest BCUT2D eigenvalue weighted by molar-refractivity contribution is 7.16. The molecule has 14 heteroatoms. The van der Waals surface area contributed by atoms with Crippen LogP contribution in [0.4, 0.5) is 5.82 Å². The third kappa shape index (κ3) is 4.81. The number of aryl methyl sites for hydroxylation is 1. The van der Waals surface area contributed by atoms with E-state index < -0.39 is 6.04 Å². The van der Waals surface area contributed by atoms with Crippen molar-refractivity contribution in [2.75, 3.05) is 51.4 Å². The largest absolute Gasteiger partial charge is 0.481 e. The van der Waals surface area contributed by atoms with Crippen molar-refractivity contribution in [3.8, 4) is 5.75 Å². The lowest BCUT2D eigenvalue weighted by atomic mass is 10.0. The summed E-state index contributed by atoms with van der Waals surface area (Å²) in [6, 6.07) is 6.20. The maximum absolute atomic E-state index is 13.6. The molecule has 1 atom stereocenters. The number of rotatable bonds is 6. The fourth-order valence-electron chi connectivity index (χ4n) is 4.87. The summed E-state index contributed by atoms with van der Waals surface area (Å²) >= 11 is 7.89. The van der Waals surface area contributed by atoms with Gasteiger partial charge >= 0.3 is 0 Å². The number of ether oxygens (including phenoxy) is 2. The molecule has 4 aromatic rings. The Balaban J connectivity index is 1.26. The van der Waals surface area contributed by atoms with E-state index in [4.69, 9.17) is 30.5 Å². The van der Waals surface area contributed by atoms with E-state index in [2.05, 4.69) is 20.3 Å². The number of fused-ring (bicyclic) bond motifs is 3. The number of hydrogen-bond donors (Lipinski definition) is 1. The highest BCUT2D eigenvalue weighted by Gasteiger charge is 2.39. The summed E-state index contributed by atoms with van der Waals surface area (Å²) in [5.41, 5.74) is 1.58. The van der Waals surface area contributed by atoms with Crippen molar-refractivity contribution in [1.82, 2.24) is 29.8 Å². The van der Waals surface area contributed by atoms with E-state index >= 15 is 0 Å². The Kier molecular flexibility index (Phi) is 6.87. The molecule has 1 unspecified atom stereocenters. The lowest BCUT2D eigenvalue weighted by Gasteiger charge is -2.34. The van der Waals surface area contributed by atoms with Crippen LogP contribution in [-0.2, 0) is 16.0 Å². The summed E-state index contributed by atoms with van der Waals surface area (Å²) in [5.74, 6) is 1.00. The minimum Gasteiger partial charge on any atom is -0.481 e. The highest BCUT2D eigenvalue weighted by atomic mass is 35.5. The second-order valence-electron chi connectivity index (χ2n) is 9.13. The summed E-state index contributed by atoms with van der Waals surface area (Å²) in [5, 5.41) is 8.20. The Morgan fingerprint density at radius 2 is 2.00 bits per heavy atom. The van der Waals surface area contributed by atoms with Crippen LogP contribution in [-0.4, -0.2) is 82.8 Å². The number of nitrogens with zero attached hydrogens (tertiary/aromatic N) is 6. The molecule has 204 valence electrons. The lowest BCUT2D eigenvalue weighted by molar-refractivity contribution is -0.136. The monoisotopic (exact) mass is 571 g/mol. The number of morpholine rings is 1. The van der Waals surface area contributed by atoms with Gasteiger partial charge in [-0.3, -0.25) is 9.59 Å². The predicted octanol–water partition coefficient (Wildman–Crippen LogP) is 2.49. The zero-order chi connectivity index (χ0) is 27.1. The van der Waals surface area contributed by atoms with Crippen LogP contribution in [0.15, 0.2) is 28.7 Å². The summed E-state index contributed by atoms with van der Waals surface area (Å²) in [4.78, 5) is 39.5. The van der Waals surface area contributed by atoms with Crippen molar-refractivity contribution < 1.29 is 23.5 Å². The van der Waals surface area contributed by atoms with Gasteiger partial charge in [0, 0.05) is 33.1 Å². The molecule has 6 rings (SSSR count). The Bertz CT molecular complexity index is 1540. The number of hydrogen-bond acceptors (Lipinski definition) is 10. The van der Waals surface area contributed by atoms with E-state index in [9.17, 15) is 9.59 Å². The molecule has 0 bridgehead atoms. The third-order valence-corrected chi connectivity index (χ3v) is 7.82. The molecule has 1 fully saturated rings. The van der Waals surface area contributed by atoms with Gasteiger partial charge in [0.15, 0.2) is 23.3 Å². The van der Waals surface area contributed by atoms with E-state index in [1.807, 2.05) is 13.0 Å². The van der Waals surface area contributed by atoms with Crippen molar-refractivity contribution in [3.05, 3.63) is 57.3 Å². The minimum atomic E-state index is -0.642. The molecule has 6 heterocycles. The molecular formula is C25H26ClN7O5S. The highest BCUT2D eigenvalue weighted by Crippen LogP contribution is 2.37. The number of carbonyl (C=O) groups excluding carboxylic acids is 2. The first-order chi connectivity index (χ1) is 18.9. The van der Waals surface area contributed by atoms with Crippen LogP contribution in [0.3, 0.4) is 0 Å². The van der Waals surface area contributed by atoms with E-state index in [0.29, 0.717) is 37.7 Å². The summed E-state index contributed by atoms with van der Waals surface area (Å²) < 4.78 is 18.9. The quantitative estimate of drug-likeness (QED) is 0.347. The number of nitrogens with one attached hydrogen (secondary N) is 1. The van der Waals surface area contributed by atoms with Gasteiger partial charge in [0.25, 0.3) is 11.8 Å². The summed E-state index contributed by atoms with van der Waals surface area (Å²) in [6.07, 6.45) is 0.548. The molecule has 0 saturated carbocycles. The van der Waals surface area contributed by atoms with Gasteiger partial charge in [-0.25, -0.2) is 14.5 Å². The molecule has 2 aliphatic rings. The van der Waals surface area contributed by atoms with Gasteiger partial charge in [-0.05, 0) is 31.2 Å². The van der Waals surface area contributed by atoms with Gasteiger partial charge in [0.1, 0.15) is 22.6 Å². The first-order valence-electron chi connectivity index (χ1n) is 12.5. The Hall–Kier alpha value is -3.68. The molecule has 39 heavy (non-hydrogen) atoms. The average molecular weight is 572 g/mol. The minimum absolute atomic E-state index is 0.150. The smallest absolute Gasteiger partial charge is 0.286 e.